The monoisotopic (exact) mass is 250 g/mol. The van der Waals surface area contributed by atoms with Crippen LogP contribution in [0.4, 0.5) is 0 Å². The predicted molar refractivity (Wildman–Crippen MR) is 58.9 cm³/mol. The molecule has 1 atom stereocenters. The Kier molecular flexibility index (Phi) is 2.89. The fourth-order valence-electron chi connectivity index (χ4n) is 1.45. The molecule has 2 rings (SSSR count). The smallest absolute Gasteiger partial charge is 0.148 e. The number of rotatable bonds is 2. The Morgan fingerprint density at radius 1 is 1.36 bits per heavy atom. The van der Waals surface area contributed by atoms with Crippen LogP contribution in [0.2, 0.25) is 15.2 Å². The Morgan fingerprint density at radius 3 is 2.57 bits per heavy atom. The molecule has 0 saturated heterocycles. The lowest BCUT2D eigenvalue weighted by molar-refractivity contribution is 0.633. The zero-order valence-electron chi connectivity index (χ0n) is 7.30. The van der Waals surface area contributed by atoms with E-state index in [0.717, 1.165) is 18.4 Å². The standard InChI is InChI=1S/C9H9Cl3N2/c10-5-3-14-9(12)7(11)6(5)8(13)4-1-2-4/h3-4,8H,1-2,13H2/t8-/m1/s1. The van der Waals surface area contributed by atoms with Gasteiger partial charge in [-0.15, -0.1) is 0 Å². The van der Waals surface area contributed by atoms with Gasteiger partial charge in [0, 0.05) is 17.8 Å². The summed E-state index contributed by atoms with van der Waals surface area (Å²) in [5.41, 5.74) is 6.75. The van der Waals surface area contributed by atoms with Gasteiger partial charge in [-0.2, -0.15) is 0 Å². The molecule has 0 aromatic carbocycles. The molecule has 5 heteroatoms. The molecule has 0 unspecified atom stereocenters. The summed E-state index contributed by atoms with van der Waals surface area (Å²) in [6.45, 7) is 0. The van der Waals surface area contributed by atoms with Crippen molar-refractivity contribution in [3.05, 3.63) is 27.0 Å². The van der Waals surface area contributed by atoms with Crippen molar-refractivity contribution >= 4 is 34.8 Å². The molecule has 0 spiro atoms. The van der Waals surface area contributed by atoms with E-state index in [-0.39, 0.29) is 11.2 Å². The normalized spacial score (nSPS) is 18.3. The highest BCUT2D eigenvalue weighted by molar-refractivity contribution is 6.43. The molecule has 0 amide bonds. The van der Waals surface area contributed by atoms with Crippen molar-refractivity contribution in [1.82, 2.24) is 4.98 Å². The van der Waals surface area contributed by atoms with Crippen LogP contribution in [0, 0.1) is 5.92 Å². The van der Waals surface area contributed by atoms with E-state index >= 15 is 0 Å². The van der Waals surface area contributed by atoms with Crippen molar-refractivity contribution < 1.29 is 0 Å². The van der Waals surface area contributed by atoms with Crippen molar-refractivity contribution in [2.45, 2.75) is 18.9 Å². The minimum absolute atomic E-state index is 0.115. The van der Waals surface area contributed by atoms with Crippen LogP contribution >= 0.6 is 34.8 Å². The van der Waals surface area contributed by atoms with Crippen LogP contribution in [-0.4, -0.2) is 4.98 Å². The second-order valence-corrected chi connectivity index (χ2v) is 4.63. The summed E-state index contributed by atoms with van der Waals surface area (Å²) in [5, 5.41) is 1.15. The van der Waals surface area contributed by atoms with Gasteiger partial charge in [-0.05, 0) is 18.8 Å². The van der Waals surface area contributed by atoms with Gasteiger partial charge < -0.3 is 5.73 Å². The van der Waals surface area contributed by atoms with Crippen molar-refractivity contribution in [3.8, 4) is 0 Å². The van der Waals surface area contributed by atoms with Crippen LogP contribution in [0.15, 0.2) is 6.20 Å². The zero-order chi connectivity index (χ0) is 10.3. The van der Waals surface area contributed by atoms with Crippen LogP contribution in [0.5, 0.6) is 0 Å². The molecule has 1 saturated carbocycles. The Labute approximate surface area is 97.4 Å². The van der Waals surface area contributed by atoms with Gasteiger partial charge in [-0.1, -0.05) is 34.8 Å². The first kappa shape index (κ1) is 10.5. The molecule has 14 heavy (non-hydrogen) atoms. The van der Waals surface area contributed by atoms with Crippen LogP contribution in [-0.2, 0) is 0 Å². The van der Waals surface area contributed by atoms with E-state index in [1.165, 1.54) is 6.20 Å². The summed E-state index contributed by atoms with van der Waals surface area (Å²) < 4.78 is 0. The van der Waals surface area contributed by atoms with Gasteiger partial charge in [-0.3, -0.25) is 0 Å². The van der Waals surface area contributed by atoms with Crippen LogP contribution in [0.1, 0.15) is 24.4 Å². The maximum atomic E-state index is 6.02. The van der Waals surface area contributed by atoms with E-state index in [2.05, 4.69) is 4.98 Å². The average molecular weight is 252 g/mol. The number of nitrogens with zero attached hydrogens (tertiary/aromatic N) is 1. The average Bonchev–Trinajstić information content (AvgIpc) is 2.95. The molecular weight excluding hydrogens is 242 g/mol. The SMILES string of the molecule is N[C@@H](c1c(Cl)cnc(Cl)c1Cl)C1CC1. The van der Waals surface area contributed by atoms with Gasteiger partial charge in [-0.25, -0.2) is 4.98 Å². The molecule has 0 bridgehead atoms. The molecule has 0 aliphatic heterocycles. The lowest BCUT2D eigenvalue weighted by Gasteiger charge is -2.14. The summed E-state index contributed by atoms with van der Waals surface area (Å²) >= 11 is 17.8. The quantitative estimate of drug-likeness (QED) is 0.818. The van der Waals surface area contributed by atoms with E-state index in [4.69, 9.17) is 40.5 Å². The second kappa shape index (κ2) is 3.86. The van der Waals surface area contributed by atoms with Crippen molar-refractivity contribution in [3.63, 3.8) is 0 Å². The lowest BCUT2D eigenvalue weighted by atomic mass is 10.1. The second-order valence-electron chi connectivity index (χ2n) is 3.49. The highest BCUT2D eigenvalue weighted by atomic mass is 35.5. The summed E-state index contributed by atoms with van der Waals surface area (Å²) in [6, 6.07) is -0.115. The number of pyridine rings is 1. The zero-order valence-corrected chi connectivity index (χ0v) is 9.57. The van der Waals surface area contributed by atoms with E-state index in [9.17, 15) is 0 Å². The van der Waals surface area contributed by atoms with E-state index in [1.807, 2.05) is 0 Å². The van der Waals surface area contributed by atoms with Crippen LogP contribution in [0.25, 0.3) is 0 Å². The predicted octanol–water partition coefficient (Wildman–Crippen LogP) is 3.45. The minimum atomic E-state index is -0.115. The number of nitrogens with two attached hydrogens (primary N) is 1. The number of hydrogen-bond acceptors (Lipinski definition) is 2. The molecule has 1 aromatic rings. The third-order valence-electron chi connectivity index (χ3n) is 2.43. The molecule has 1 heterocycles. The van der Waals surface area contributed by atoms with Crippen LogP contribution in [0.3, 0.4) is 0 Å². The van der Waals surface area contributed by atoms with Gasteiger partial charge >= 0.3 is 0 Å². The largest absolute Gasteiger partial charge is 0.324 e. The van der Waals surface area contributed by atoms with Gasteiger partial charge in [0.2, 0.25) is 0 Å². The van der Waals surface area contributed by atoms with Crippen molar-refractivity contribution in [1.29, 1.82) is 0 Å². The number of aromatic nitrogens is 1. The van der Waals surface area contributed by atoms with E-state index in [0.29, 0.717) is 16.0 Å². The Morgan fingerprint density at radius 2 is 2.00 bits per heavy atom. The molecule has 2 N–H and O–H groups in total. The number of hydrogen-bond donors (Lipinski definition) is 1. The lowest BCUT2D eigenvalue weighted by Crippen LogP contribution is -2.14. The van der Waals surface area contributed by atoms with E-state index < -0.39 is 0 Å². The summed E-state index contributed by atoms with van der Waals surface area (Å²) in [5.74, 6) is 0.489. The maximum absolute atomic E-state index is 6.02. The third kappa shape index (κ3) is 1.84. The molecular formula is C9H9Cl3N2. The van der Waals surface area contributed by atoms with Crippen molar-refractivity contribution in [2.24, 2.45) is 11.7 Å². The minimum Gasteiger partial charge on any atom is -0.324 e. The Bertz CT molecular complexity index is 363. The Hall–Kier alpha value is -0.0200. The van der Waals surface area contributed by atoms with Gasteiger partial charge in [0.25, 0.3) is 0 Å². The maximum Gasteiger partial charge on any atom is 0.148 e. The molecule has 0 radical (unpaired) electrons. The first-order chi connectivity index (χ1) is 6.61. The van der Waals surface area contributed by atoms with Gasteiger partial charge in [0.05, 0.1) is 10.0 Å². The summed E-state index contributed by atoms with van der Waals surface area (Å²) in [6.07, 6.45) is 3.76. The summed E-state index contributed by atoms with van der Waals surface area (Å²) in [4.78, 5) is 3.85. The topological polar surface area (TPSA) is 38.9 Å². The third-order valence-corrected chi connectivity index (χ3v) is 3.50. The molecule has 1 aliphatic rings. The fraction of sp³-hybridized carbons (Fsp3) is 0.444. The first-order valence-electron chi connectivity index (χ1n) is 4.36. The van der Waals surface area contributed by atoms with Crippen molar-refractivity contribution in [2.75, 3.05) is 0 Å². The molecule has 1 aliphatic carbocycles. The molecule has 76 valence electrons. The fourth-order valence-corrected chi connectivity index (χ4v) is 2.20. The van der Waals surface area contributed by atoms with Gasteiger partial charge in [0.15, 0.2) is 0 Å². The molecule has 1 aromatic heterocycles. The van der Waals surface area contributed by atoms with Gasteiger partial charge in [0.1, 0.15) is 5.15 Å². The molecule has 1 fully saturated rings. The summed E-state index contributed by atoms with van der Waals surface area (Å²) in [7, 11) is 0. The molecule has 2 nitrogen and oxygen atoms in total. The van der Waals surface area contributed by atoms with Crippen LogP contribution < -0.4 is 5.73 Å². The Balaban J connectivity index is 2.43. The highest BCUT2D eigenvalue weighted by Crippen LogP contribution is 2.44. The highest BCUT2D eigenvalue weighted by Gasteiger charge is 2.32. The number of halogens is 3. The van der Waals surface area contributed by atoms with E-state index in [1.54, 1.807) is 0 Å². The first-order valence-corrected chi connectivity index (χ1v) is 5.49.